The van der Waals surface area contributed by atoms with Crippen molar-refractivity contribution >= 4 is 11.8 Å². The first-order valence-corrected chi connectivity index (χ1v) is 7.24. The van der Waals surface area contributed by atoms with Crippen molar-refractivity contribution in [2.45, 2.75) is 6.92 Å². The Balaban J connectivity index is 1.66. The van der Waals surface area contributed by atoms with Crippen molar-refractivity contribution in [1.29, 1.82) is 0 Å². The number of nitrogens with zero attached hydrogens (tertiary/aromatic N) is 1. The number of morpholine rings is 1. The number of anilines is 1. The summed E-state index contributed by atoms with van der Waals surface area (Å²) < 4.78 is 15.8. The molecule has 0 saturated carbocycles. The number of nitrogens with one attached hydrogen (secondary N) is 1. The molecule has 0 atom stereocenters. The van der Waals surface area contributed by atoms with Crippen LogP contribution in [-0.4, -0.2) is 57.1 Å². The first-order chi connectivity index (χ1) is 10.3. The molecular weight excluding hydrogens is 272 g/mol. The molecule has 2 rings (SSSR count). The molecule has 1 aliphatic heterocycles. The second-order valence-electron chi connectivity index (χ2n) is 4.67. The lowest BCUT2D eigenvalue weighted by Crippen LogP contribution is -2.38. The van der Waals surface area contributed by atoms with Gasteiger partial charge in [0.15, 0.2) is 0 Å². The van der Waals surface area contributed by atoms with Gasteiger partial charge in [-0.2, -0.15) is 0 Å². The van der Waals surface area contributed by atoms with E-state index in [4.69, 9.17) is 14.2 Å². The summed E-state index contributed by atoms with van der Waals surface area (Å²) >= 11 is 0. The van der Waals surface area contributed by atoms with E-state index in [-0.39, 0.29) is 0 Å². The number of amides is 1. The van der Waals surface area contributed by atoms with E-state index in [1.54, 1.807) is 12.1 Å². The van der Waals surface area contributed by atoms with Gasteiger partial charge in [-0.25, -0.2) is 4.79 Å². The predicted octanol–water partition coefficient (Wildman–Crippen LogP) is 1.97. The quantitative estimate of drug-likeness (QED) is 0.869. The maximum atomic E-state index is 11.7. The molecule has 116 valence electrons. The van der Waals surface area contributed by atoms with Crippen LogP contribution >= 0.6 is 0 Å². The highest BCUT2D eigenvalue weighted by atomic mass is 16.5. The lowest BCUT2D eigenvalue weighted by Gasteiger charge is -2.26. The van der Waals surface area contributed by atoms with Gasteiger partial charge in [0.2, 0.25) is 0 Å². The Kier molecular flexibility index (Phi) is 6.30. The zero-order valence-corrected chi connectivity index (χ0v) is 12.3. The standard InChI is InChI=1S/C15H22N2O4/c1-2-20-14-5-3-13(4-6-14)16-15(18)21-12-9-17-7-10-19-11-8-17/h3-6H,2,7-12H2,1H3,(H,16,18). The van der Waals surface area contributed by atoms with E-state index in [0.29, 0.717) is 18.9 Å². The van der Waals surface area contributed by atoms with Crippen LogP contribution in [0.4, 0.5) is 10.5 Å². The molecule has 0 aliphatic carbocycles. The van der Waals surface area contributed by atoms with Gasteiger partial charge in [0.1, 0.15) is 12.4 Å². The third kappa shape index (κ3) is 5.61. The highest BCUT2D eigenvalue weighted by molar-refractivity contribution is 5.84. The number of rotatable bonds is 6. The van der Waals surface area contributed by atoms with Crippen molar-refractivity contribution < 1.29 is 19.0 Å². The summed E-state index contributed by atoms with van der Waals surface area (Å²) in [6, 6.07) is 7.20. The average Bonchev–Trinajstić information content (AvgIpc) is 2.51. The molecule has 6 heteroatoms. The molecule has 0 spiro atoms. The second-order valence-corrected chi connectivity index (χ2v) is 4.67. The fourth-order valence-electron chi connectivity index (χ4n) is 2.05. The molecule has 21 heavy (non-hydrogen) atoms. The molecule has 0 aromatic heterocycles. The predicted molar refractivity (Wildman–Crippen MR) is 79.8 cm³/mol. The van der Waals surface area contributed by atoms with E-state index in [9.17, 15) is 4.79 Å². The molecule has 0 unspecified atom stereocenters. The Bertz CT molecular complexity index is 430. The van der Waals surface area contributed by atoms with Crippen molar-refractivity contribution in [3.63, 3.8) is 0 Å². The van der Waals surface area contributed by atoms with Gasteiger partial charge >= 0.3 is 6.09 Å². The molecule has 0 radical (unpaired) electrons. The van der Waals surface area contributed by atoms with E-state index in [1.165, 1.54) is 0 Å². The number of carbonyl (C=O) groups excluding carboxylic acids is 1. The van der Waals surface area contributed by atoms with Crippen LogP contribution in [0.2, 0.25) is 0 Å². The van der Waals surface area contributed by atoms with Crippen molar-refractivity contribution in [2.24, 2.45) is 0 Å². The van der Waals surface area contributed by atoms with E-state index < -0.39 is 6.09 Å². The van der Waals surface area contributed by atoms with Gasteiger partial charge in [0, 0.05) is 25.3 Å². The summed E-state index contributed by atoms with van der Waals surface area (Å²) in [6.45, 7) is 6.95. The Morgan fingerprint density at radius 2 is 2.00 bits per heavy atom. The molecule has 1 aromatic carbocycles. The molecule has 6 nitrogen and oxygen atoms in total. The highest BCUT2D eigenvalue weighted by Crippen LogP contribution is 2.15. The highest BCUT2D eigenvalue weighted by Gasteiger charge is 2.11. The smallest absolute Gasteiger partial charge is 0.411 e. The molecule has 1 aliphatic rings. The van der Waals surface area contributed by atoms with Crippen LogP contribution in [0.15, 0.2) is 24.3 Å². The largest absolute Gasteiger partial charge is 0.494 e. The Morgan fingerprint density at radius 1 is 1.29 bits per heavy atom. The molecule has 0 bridgehead atoms. The van der Waals surface area contributed by atoms with Gasteiger partial charge in [-0.15, -0.1) is 0 Å². The average molecular weight is 294 g/mol. The molecule has 1 heterocycles. The van der Waals surface area contributed by atoms with Gasteiger partial charge in [-0.1, -0.05) is 0 Å². The minimum atomic E-state index is -0.438. The summed E-state index contributed by atoms with van der Waals surface area (Å²) in [5, 5.41) is 2.69. The second kappa shape index (κ2) is 8.49. The van der Waals surface area contributed by atoms with Gasteiger partial charge in [0.05, 0.1) is 19.8 Å². The lowest BCUT2D eigenvalue weighted by atomic mass is 10.3. The maximum absolute atomic E-state index is 11.7. The number of ether oxygens (including phenoxy) is 3. The zero-order valence-electron chi connectivity index (χ0n) is 12.3. The van der Waals surface area contributed by atoms with Crippen molar-refractivity contribution in [3.8, 4) is 5.75 Å². The minimum absolute atomic E-state index is 0.378. The van der Waals surface area contributed by atoms with Gasteiger partial charge in [-0.05, 0) is 31.2 Å². The number of hydrogen-bond acceptors (Lipinski definition) is 5. The number of hydrogen-bond donors (Lipinski definition) is 1. The van der Waals surface area contributed by atoms with Crippen LogP contribution in [0.3, 0.4) is 0 Å². The van der Waals surface area contributed by atoms with Crippen molar-refractivity contribution in [3.05, 3.63) is 24.3 Å². The molecule has 1 aromatic rings. The monoisotopic (exact) mass is 294 g/mol. The third-order valence-electron chi connectivity index (χ3n) is 3.16. The van der Waals surface area contributed by atoms with E-state index >= 15 is 0 Å². The number of carbonyl (C=O) groups is 1. The van der Waals surface area contributed by atoms with Gasteiger partial charge < -0.3 is 14.2 Å². The van der Waals surface area contributed by atoms with Gasteiger partial charge in [-0.3, -0.25) is 10.2 Å². The lowest BCUT2D eigenvalue weighted by molar-refractivity contribution is 0.0290. The molecule has 1 amide bonds. The van der Waals surface area contributed by atoms with Crippen LogP contribution in [0, 0.1) is 0 Å². The molecule has 1 saturated heterocycles. The summed E-state index contributed by atoms with van der Waals surface area (Å²) in [5.41, 5.74) is 0.690. The van der Waals surface area contributed by atoms with E-state index in [2.05, 4.69) is 10.2 Å². The topological polar surface area (TPSA) is 60.0 Å². The van der Waals surface area contributed by atoms with Crippen LogP contribution in [0.5, 0.6) is 5.75 Å². The normalized spacial score (nSPS) is 15.5. The fraction of sp³-hybridized carbons (Fsp3) is 0.533. The Labute approximate surface area is 125 Å². The van der Waals surface area contributed by atoms with Crippen molar-refractivity contribution in [2.75, 3.05) is 51.4 Å². The summed E-state index contributed by atoms with van der Waals surface area (Å²) in [7, 11) is 0. The maximum Gasteiger partial charge on any atom is 0.411 e. The van der Waals surface area contributed by atoms with Crippen LogP contribution < -0.4 is 10.1 Å². The Morgan fingerprint density at radius 3 is 2.67 bits per heavy atom. The van der Waals surface area contributed by atoms with Crippen molar-refractivity contribution in [1.82, 2.24) is 4.90 Å². The third-order valence-corrected chi connectivity index (χ3v) is 3.16. The number of benzene rings is 1. The zero-order chi connectivity index (χ0) is 14.9. The molecule has 1 fully saturated rings. The summed E-state index contributed by atoms with van der Waals surface area (Å²) in [6.07, 6.45) is -0.438. The van der Waals surface area contributed by atoms with Gasteiger partial charge in [0.25, 0.3) is 0 Å². The fourth-order valence-corrected chi connectivity index (χ4v) is 2.05. The van der Waals surface area contributed by atoms with Crippen LogP contribution in [0.1, 0.15) is 6.92 Å². The van der Waals surface area contributed by atoms with Crippen LogP contribution in [-0.2, 0) is 9.47 Å². The first-order valence-electron chi connectivity index (χ1n) is 7.24. The SMILES string of the molecule is CCOc1ccc(NC(=O)OCCN2CCOCC2)cc1. The Hall–Kier alpha value is -1.79. The van der Waals surface area contributed by atoms with Crippen LogP contribution in [0.25, 0.3) is 0 Å². The summed E-state index contributed by atoms with van der Waals surface area (Å²) in [5.74, 6) is 0.781. The van der Waals surface area contributed by atoms with E-state index in [0.717, 1.165) is 38.6 Å². The molecule has 1 N–H and O–H groups in total. The first kappa shape index (κ1) is 15.6. The summed E-state index contributed by atoms with van der Waals surface area (Å²) in [4.78, 5) is 13.9. The van der Waals surface area contributed by atoms with E-state index in [1.807, 2.05) is 19.1 Å². The molecular formula is C15H22N2O4. The minimum Gasteiger partial charge on any atom is -0.494 e.